The molecule has 0 bridgehead atoms. The van der Waals surface area contributed by atoms with E-state index in [9.17, 15) is 14.7 Å². The minimum atomic E-state index is -1.54. The second-order valence-corrected chi connectivity index (χ2v) is 5.99. The Morgan fingerprint density at radius 1 is 1.08 bits per heavy atom. The average molecular weight is 341 g/mol. The maximum Gasteiger partial charge on any atom is 0.276 e. The highest BCUT2D eigenvalue weighted by atomic mass is 16.4. The van der Waals surface area contributed by atoms with E-state index in [0.29, 0.717) is 5.69 Å². The minimum Gasteiger partial charge on any atom is -0.543 e. The summed E-state index contributed by atoms with van der Waals surface area (Å²) in [6.45, 7) is 4.17. The third-order valence-electron chi connectivity index (χ3n) is 4.21. The van der Waals surface area contributed by atoms with Crippen molar-refractivity contribution in [2.75, 3.05) is 43.4 Å². The topological polar surface area (TPSA) is 103 Å². The van der Waals surface area contributed by atoms with Gasteiger partial charge in [-0.25, -0.2) is 4.98 Å². The molecule has 2 heterocycles. The first-order valence-corrected chi connectivity index (χ1v) is 8.04. The molecule has 3 rings (SSSR count). The van der Waals surface area contributed by atoms with Gasteiger partial charge in [-0.05, 0) is 24.3 Å². The van der Waals surface area contributed by atoms with Crippen LogP contribution in [0.1, 0.15) is 21.0 Å². The van der Waals surface area contributed by atoms with Gasteiger partial charge in [-0.3, -0.25) is 9.78 Å². The van der Waals surface area contributed by atoms with Crippen LogP contribution in [0.2, 0.25) is 0 Å². The minimum absolute atomic E-state index is 0.270. The number of piperazine rings is 1. The van der Waals surface area contributed by atoms with Gasteiger partial charge in [0.15, 0.2) is 5.69 Å². The summed E-state index contributed by atoms with van der Waals surface area (Å²) in [6, 6.07) is 7.44. The van der Waals surface area contributed by atoms with E-state index in [-0.39, 0.29) is 5.69 Å². The number of nitrogens with zero attached hydrogens (tertiary/aromatic N) is 3. The van der Waals surface area contributed by atoms with E-state index in [1.807, 2.05) is 12.1 Å². The number of carboxylic acids is 1. The smallest absolute Gasteiger partial charge is 0.276 e. The quantitative estimate of drug-likeness (QED) is 0.696. The van der Waals surface area contributed by atoms with Crippen LogP contribution in [0.25, 0.3) is 0 Å². The van der Waals surface area contributed by atoms with Crippen LogP contribution in [-0.4, -0.2) is 55.1 Å². The molecular weight excluding hydrogens is 322 g/mol. The number of carboxylic acid groups (broad SMARTS) is 1. The summed E-state index contributed by atoms with van der Waals surface area (Å²) in [5.74, 6) is -2.17. The Morgan fingerprint density at radius 3 is 2.28 bits per heavy atom. The van der Waals surface area contributed by atoms with Crippen LogP contribution in [-0.2, 0) is 0 Å². The fourth-order valence-electron chi connectivity index (χ4n) is 2.75. The van der Waals surface area contributed by atoms with Crippen molar-refractivity contribution in [2.24, 2.45) is 0 Å². The van der Waals surface area contributed by atoms with Gasteiger partial charge in [-0.15, -0.1) is 0 Å². The molecular formula is C17H19N5O3. The molecule has 0 unspecified atom stereocenters. The Bertz CT molecular complexity index is 770. The number of likely N-dealkylation sites (N-methyl/N-ethyl adjacent to an activating group) is 1. The predicted octanol–water partition coefficient (Wildman–Crippen LogP) is -1.57. The van der Waals surface area contributed by atoms with Crippen LogP contribution in [0.5, 0.6) is 0 Å². The van der Waals surface area contributed by atoms with Crippen LogP contribution in [0.15, 0.2) is 36.7 Å². The largest absolute Gasteiger partial charge is 0.543 e. The van der Waals surface area contributed by atoms with E-state index >= 15 is 0 Å². The van der Waals surface area contributed by atoms with Gasteiger partial charge in [0.05, 0.1) is 39.2 Å². The Kier molecular flexibility index (Phi) is 4.90. The summed E-state index contributed by atoms with van der Waals surface area (Å²) in [5.41, 5.74) is 0.911. The van der Waals surface area contributed by atoms with Crippen LogP contribution < -0.4 is 20.2 Å². The van der Waals surface area contributed by atoms with E-state index in [1.165, 1.54) is 17.3 Å². The van der Waals surface area contributed by atoms with E-state index in [4.69, 9.17) is 0 Å². The lowest BCUT2D eigenvalue weighted by Gasteiger charge is -2.31. The van der Waals surface area contributed by atoms with Gasteiger partial charge < -0.3 is 25.0 Å². The molecule has 0 saturated carbocycles. The summed E-state index contributed by atoms with van der Waals surface area (Å²) < 4.78 is 0. The summed E-state index contributed by atoms with van der Waals surface area (Å²) in [7, 11) is 2.18. The van der Waals surface area contributed by atoms with E-state index in [2.05, 4.69) is 27.2 Å². The Hall–Kier alpha value is -3.00. The molecule has 2 N–H and O–H groups in total. The molecule has 25 heavy (non-hydrogen) atoms. The number of hydrogen-bond acceptors (Lipinski definition) is 6. The number of carbonyl (C=O) groups is 2. The van der Waals surface area contributed by atoms with E-state index in [1.54, 1.807) is 12.1 Å². The third-order valence-corrected chi connectivity index (χ3v) is 4.21. The normalized spacial score (nSPS) is 15.0. The van der Waals surface area contributed by atoms with Crippen molar-refractivity contribution in [3.63, 3.8) is 0 Å². The Balaban J connectivity index is 1.69. The molecule has 1 fully saturated rings. The monoisotopic (exact) mass is 341 g/mol. The maximum atomic E-state index is 12.2. The van der Waals surface area contributed by atoms with E-state index < -0.39 is 17.6 Å². The van der Waals surface area contributed by atoms with Gasteiger partial charge in [-0.1, -0.05) is 0 Å². The van der Waals surface area contributed by atoms with Crippen molar-refractivity contribution in [3.05, 3.63) is 48.0 Å². The van der Waals surface area contributed by atoms with Gasteiger partial charge >= 0.3 is 0 Å². The molecule has 8 heteroatoms. The summed E-state index contributed by atoms with van der Waals surface area (Å²) in [5, 5.41) is 13.7. The number of nitrogens with one attached hydrogen (secondary N) is 2. The predicted molar refractivity (Wildman–Crippen MR) is 89.6 cm³/mol. The highest BCUT2D eigenvalue weighted by Crippen LogP contribution is 2.18. The number of benzene rings is 1. The Morgan fingerprint density at radius 2 is 1.68 bits per heavy atom. The van der Waals surface area contributed by atoms with Crippen molar-refractivity contribution in [2.45, 2.75) is 0 Å². The van der Waals surface area contributed by atoms with Gasteiger partial charge in [0.1, 0.15) is 5.69 Å². The molecule has 2 aromatic rings. The first-order valence-electron chi connectivity index (χ1n) is 8.04. The van der Waals surface area contributed by atoms with Crippen molar-refractivity contribution in [1.29, 1.82) is 0 Å². The van der Waals surface area contributed by atoms with Crippen molar-refractivity contribution in [1.82, 2.24) is 9.97 Å². The molecule has 8 nitrogen and oxygen atoms in total. The van der Waals surface area contributed by atoms with Crippen LogP contribution in [0.3, 0.4) is 0 Å². The number of anilines is 2. The zero-order valence-corrected chi connectivity index (χ0v) is 13.9. The molecule has 1 aliphatic rings. The SMILES string of the molecule is C[NH+]1CCN(c2ccc(NC(=O)c3nccnc3C(=O)[O-])cc2)CC1. The van der Waals surface area contributed by atoms with Crippen molar-refractivity contribution < 1.29 is 19.6 Å². The number of amides is 1. The second kappa shape index (κ2) is 7.27. The summed E-state index contributed by atoms with van der Waals surface area (Å²) in [4.78, 5) is 34.5. The van der Waals surface area contributed by atoms with Crippen LogP contribution in [0.4, 0.5) is 11.4 Å². The van der Waals surface area contributed by atoms with Crippen molar-refractivity contribution >= 4 is 23.3 Å². The zero-order valence-electron chi connectivity index (χ0n) is 13.9. The van der Waals surface area contributed by atoms with E-state index in [0.717, 1.165) is 31.9 Å². The molecule has 1 amide bonds. The first-order chi connectivity index (χ1) is 12.0. The maximum absolute atomic E-state index is 12.2. The molecule has 1 aliphatic heterocycles. The lowest BCUT2D eigenvalue weighted by Crippen LogP contribution is -3.12. The molecule has 130 valence electrons. The molecule has 0 radical (unpaired) electrons. The fourth-order valence-corrected chi connectivity index (χ4v) is 2.75. The lowest BCUT2D eigenvalue weighted by molar-refractivity contribution is -0.880. The van der Waals surface area contributed by atoms with Gasteiger partial charge in [0.2, 0.25) is 0 Å². The second-order valence-electron chi connectivity index (χ2n) is 5.99. The van der Waals surface area contributed by atoms with Gasteiger partial charge in [0.25, 0.3) is 5.91 Å². The lowest BCUT2D eigenvalue weighted by atomic mass is 10.2. The molecule has 0 spiro atoms. The summed E-state index contributed by atoms with van der Waals surface area (Å²) in [6.07, 6.45) is 2.47. The van der Waals surface area contributed by atoms with Crippen LogP contribution >= 0.6 is 0 Å². The number of rotatable bonds is 4. The van der Waals surface area contributed by atoms with Gasteiger partial charge in [-0.2, -0.15) is 0 Å². The number of aromatic nitrogens is 2. The average Bonchev–Trinajstić information content (AvgIpc) is 2.63. The Labute approximate surface area is 145 Å². The standard InChI is InChI=1S/C17H19N5O3/c1-21-8-10-22(11-9-21)13-4-2-12(3-5-13)20-16(23)14-15(17(24)25)19-7-6-18-14/h2-7H,8-11H2,1H3,(H,20,23)(H,24,25). The van der Waals surface area contributed by atoms with Gasteiger partial charge in [0, 0.05) is 23.8 Å². The zero-order chi connectivity index (χ0) is 17.8. The highest BCUT2D eigenvalue weighted by molar-refractivity contribution is 6.08. The number of quaternary nitrogens is 1. The number of hydrogen-bond donors (Lipinski definition) is 2. The highest BCUT2D eigenvalue weighted by Gasteiger charge is 2.18. The first kappa shape index (κ1) is 16.8. The number of aromatic carboxylic acids is 1. The molecule has 1 saturated heterocycles. The molecule has 0 atom stereocenters. The third kappa shape index (κ3) is 3.92. The molecule has 1 aromatic heterocycles. The molecule has 1 aromatic carbocycles. The van der Waals surface area contributed by atoms with Crippen LogP contribution in [0, 0.1) is 0 Å². The number of carbonyl (C=O) groups excluding carboxylic acids is 2. The summed E-state index contributed by atoms with van der Waals surface area (Å²) >= 11 is 0. The fraction of sp³-hybridized carbons (Fsp3) is 0.294. The molecule has 0 aliphatic carbocycles. The van der Waals surface area contributed by atoms with Crippen molar-refractivity contribution in [3.8, 4) is 0 Å².